The SMILES string of the molecule is CN(C(=O)CCNc1cccc(Cl)c1Cl)c1ccccc1. The molecule has 0 saturated heterocycles. The summed E-state index contributed by atoms with van der Waals surface area (Å²) in [6.45, 7) is 0.496. The van der Waals surface area contributed by atoms with Gasteiger partial charge in [0.1, 0.15) is 0 Å². The second-order valence-corrected chi connectivity index (χ2v) is 5.35. The Kier molecular flexibility index (Phi) is 5.48. The number of carbonyl (C=O) groups excluding carboxylic acids is 1. The van der Waals surface area contributed by atoms with Crippen molar-refractivity contribution >= 4 is 40.5 Å². The van der Waals surface area contributed by atoms with Gasteiger partial charge in [-0.05, 0) is 24.3 Å². The van der Waals surface area contributed by atoms with Crippen LogP contribution in [0.4, 0.5) is 11.4 Å². The maximum Gasteiger partial charge on any atom is 0.228 e. The fourth-order valence-corrected chi connectivity index (χ4v) is 2.28. The van der Waals surface area contributed by atoms with Gasteiger partial charge >= 0.3 is 0 Å². The Hall–Kier alpha value is -1.71. The van der Waals surface area contributed by atoms with Crippen LogP contribution in [0.2, 0.25) is 10.0 Å². The van der Waals surface area contributed by atoms with Gasteiger partial charge in [0.2, 0.25) is 5.91 Å². The van der Waals surface area contributed by atoms with Crippen LogP contribution in [0, 0.1) is 0 Å². The highest BCUT2D eigenvalue weighted by atomic mass is 35.5. The van der Waals surface area contributed by atoms with Crippen molar-refractivity contribution in [2.45, 2.75) is 6.42 Å². The van der Waals surface area contributed by atoms with E-state index in [2.05, 4.69) is 5.32 Å². The van der Waals surface area contributed by atoms with Crippen molar-refractivity contribution < 1.29 is 4.79 Å². The molecule has 0 aliphatic rings. The van der Waals surface area contributed by atoms with Crippen molar-refractivity contribution in [1.29, 1.82) is 0 Å². The van der Waals surface area contributed by atoms with Crippen LogP contribution in [-0.4, -0.2) is 19.5 Å². The van der Waals surface area contributed by atoms with Gasteiger partial charge in [-0.1, -0.05) is 47.5 Å². The first kappa shape index (κ1) is 15.7. The van der Waals surface area contributed by atoms with Gasteiger partial charge in [-0.25, -0.2) is 0 Å². The van der Waals surface area contributed by atoms with Gasteiger partial charge in [0.25, 0.3) is 0 Å². The van der Waals surface area contributed by atoms with E-state index in [4.69, 9.17) is 23.2 Å². The topological polar surface area (TPSA) is 32.3 Å². The lowest BCUT2D eigenvalue weighted by molar-refractivity contribution is -0.118. The molecule has 0 radical (unpaired) electrons. The Morgan fingerprint density at radius 1 is 1.10 bits per heavy atom. The molecule has 5 heteroatoms. The van der Waals surface area contributed by atoms with E-state index in [0.29, 0.717) is 23.0 Å². The summed E-state index contributed by atoms with van der Waals surface area (Å²) >= 11 is 12.0. The molecule has 3 nitrogen and oxygen atoms in total. The molecule has 110 valence electrons. The smallest absolute Gasteiger partial charge is 0.228 e. The van der Waals surface area contributed by atoms with E-state index in [-0.39, 0.29) is 5.91 Å². The summed E-state index contributed by atoms with van der Waals surface area (Å²) < 4.78 is 0. The fraction of sp³-hybridized carbons (Fsp3) is 0.188. The molecule has 0 aliphatic carbocycles. The first-order valence-electron chi connectivity index (χ1n) is 6.59. The molecule has 0 unspecified atom stereocenters. The summed E-state index contributed by atoms with van der Waals surface area (Å²) in [5, 5.41) is 4.10. The highest BCUT2D eigenvalue weighted by molar-refractivity contribution is 6.43. The lowest BCUT2D eigenvalue weighted by Gasteiger charge is -2.17. The maximum atomic E-state index is 12.1. The van der Waals surface area contributed by atoms with Gasteiger partial charge in [-0.15, -0.1) is 0 Å². The summed E-state index contributed by atoms with van der Waals surface area (Å²) in [7, 11) is 1.77. The normalized spacial score (nSPS) is 10.2. The van der Waals surface area contributed by atoms with Crippen LogP contribution in [0.15, 0.2) is 48.5 Å². The second-order valence-electron chi connectivity index (χ2n) is 4.57. The minimum Gasteiger partial charge on any atom is -0.383 e. The number of halogens is 2. The highest BCUT2D eigenvalue weighted by Crippen LogP contribution is 2.29. The van der Waals surface area contributed by atoms with E-state index in [0.717, 1.165) is 11.4 Å². The molecule has 0 atom stereocenters. The number of hydrogen-bond donors (Lipinski definition) is 1. The Morgan fingerprint density at radius 2 is 1.81 bits per heavy atom. The van der Waals surface area contributed by atoms with Gasteiger partial charge in [-0.2, -0.15) is 0 Å². The van der Waals surface area contributed by atoms with Crippen molar-refractivity contribution in [2.75, 3.05) is 23.8 Å². The minimum absolute atomic E-state index is 0.0341. The van der Waals surface area contributed by atoms with E-state index in [1.807, 2.05) is 42.5 Å². The molecule has 0 aliphatic heterocycles. The molecule has 1 amide bonds. The Labute approximate surface area is 134 Å². The first-order chi connectivity index (χ1) is 10.1. The van der Waals surface area contributed by atoms with E-state index < -0.39 is 0 Å². The second kappa shape index (κ2) is 7.34. The number of rotatable bonds is 5. The zero-order chi connectivity index (χ0) is 15.2. The molecule has 2 aromatic rings. The van der Waals surface area contributed by atoms with Crippen LogP contribution in [0.3, 0.4) is 0 Å². The monoisotopic (exact) mass is 322 g/mol. The van der Waals surface area contributed by atoms with Crippen LogP contribution in [-0.2, 0) is 4.79 Å². The summed E-state index contributed by atoms with van der Waals surface area (Å²) in [6, 6.07) is 14.9. The Bertz CT molecular complexity index is 617. The van der Waals surface area contributed by atoms with Gasteiger partial charge in [-0.3, -0.25) is 4.79 Å². The average molecular weight is 323 g/mol. The Morgan fingerprint density at radius 3 is 2.52 bits per heavy atom. The molecule has 0 heterocycles. The van der Waals surface area contributed by atoms with Gasteiger partial charge in [0.15, 0.2) is 0 Å². The van der Waals surface area contributed by atoms with Gasteiger partial charge in [0, 0.05) is 25.7 Å². The number of nitrogens with one attached hydrogen (secondary N) is 1. The predicted molar refractivity (Wildman–Crippen MR) is 89.4 cm³/mol. The van der Waals surface area contributed by atoms with E-state index in [1.54, 1.807) is 18.0 Å². The molecule has 0 spiro atoms. The lowest BCUT2D eigenvalue weighted by Crippen LogP contribution is -2.27. The quantitative estimate of drug-likeness (QED) is 0.881. The Balaban J connectivity index is 1.89. The molecule has 0 saturated carbocycles. The van der Waals surface area contributed by atoms with Crippen molar-refractivity contribution in [3.05, 3.63) is 58.6 Å². The standard InChI is InChI=1S/C16H16Cl2N2O/c1-20(12-6-3-2-4-7-12)15(21)10-11-19-14-9-5-8-13(17)16(14)18/h2-9,19H,10-11H2,1H3. The molecule has 2 rings (SSSR count). The van der Waals surface area contributed by atoms with Crippen molar-refractivity contribution in [3.8, 4) is 0 Å². The van der Waals surface area contributed by atoms with Crippen molar-refractivity contribution in [1.82, 2.24) is 0 Å². The van der Waals surface area contributed by atoms with E-state index in [1.165, 1.54) is 0 Å². The number of anilines is 2. The maximum absolute atomic E-state index is 12.1. The molecule has 0 fully saturated rings. The summed E-state index contributed by atoms with van der Waals surface area (Å²) in [6.07, 6.45) is 0.369. The predicted octanol–water partition coefficient (Wildman–Crippen LogP) is 4.46. The third kappa shape index (κ3) is 4.13. The minimum atomic E-state index is 0.0341. The van der Waals surface area contributed by atoms with Crippen LogP contribution >= 0.6 is 23.2 Å². The van der Waals surface area contributed by atoms with Crippen LogP contribution in [0.25, 0.3) is 0 Å². The van der Waals surface area contributed by atoms with Crippen molar-refractivity contribution in [2.24, 2.45) is 0 Å². The number of carbonyl (C=O) groups is 1. The molecule has 0 bridgehead atoms. The summed E-state index contributed by atoms with van der Waals surface area (Å²) in [5.74, 6) is 0.0341. The molecule has 0 aromatic heterocycles. The highest BCUT2D eigenvalue weighted by Gasteiger charge is 2.10. The number of amides is 1. The van der Waals surface area contributed by atoms with Gasteiger partial charge < -0.3 is 10.2 Å². The van der Waals surface area contributed by atoms with Crippen LogP contribution in [0.5, 0.6) is 0 Å². The van der Waals surface area contributed by atoms with E-state index >= 15 is 0 Å². The van der Waals surface area contributed by atoms with Crippen LogP contribution < -0.4 is 10.2 Å². The number of para-hydroxylation sites is 1. The molecule has 2 aromatic carbocycles. The molecule has 1 N–H and O–H groups in total. The van der Waals surface area contributed by atoms with Crippen LogP contribution in [0.1, 0.15) is 6.42 Å². The number of benzene rings is 2. The zero-order valence-electron chi connectivity index (χ0n) is 11.6. The fourth-order valence-electron chi connectivity index (χ4n) is 1.91. The van der Waals surface area contributed by atoms with E-state index in [9.17, 15) is 4.79 Å². The summed E-state index contributed by atoms with van der Waals surface area (Å²) in [4.78, 5) is 13.8. The number of nitrogens with zero attached hydrogens (tertiary/aromatic N) is 1. The van der Waals surface area contributed by atoms with Gasteiger partial charge in [0.05, 0.1) is 15.7 Å². The van der Waals surface area contributed by atoms with Crippen molar-refractivity contribution in [3.63, 3.8) is 0 Å². The third-order valence-electron chi connectivity index (χ3n) is 3.12. The lowest BCUT2D eigenvalue weighted by atomic mass is 10.2. The zero-order valence-corrected chi connectivity index (χ0v) is 13.2. The number of hydrogen-bond acceptors (Lipinski definition) is 2. The molecular weight excluding hydrogens is 307 g/mol. The first-order valence-corrected chi connectivity index (χ1v) is 7.34. The third-order valence-corrected chi connectivity index (χ3v) is 3.94. The summed E-state index contributed by atoms with van der Waals surface area (Å²) in [5.41, 5.74) is 1.61. The molecule has 21 heavy (non-hydrogen) atoms. The molecular formula is C16H16Cl2N2O. The largest absolute Gasteiger partial charge is 0.383 e. The average Bonchev–Trinajstić information content (AvgIpc) is 2.51.